The first-order valence-corrected chi connectivity index (χ1v) is 11.3. The summed E-state index contributed by atoms with van der Waals surface area (Å²) in [5.41, 5.74) is 0.352. The van der Waals surface area contributed by atoms with Gasteiger partial charge in [-0.1, -0.05) is 17.7 Å². The van der Waals surface area contributed by atoms with Gasteiger partial charge in [0.25, 0.3) is 5.91 Å². The van der Waals surface area contributed by atoms with Crippen LogP contribution >= 0.6 is 11.6 Å². The molecule has 2 aromatic carbocycles. The van der Waals surface area contributed by atoms with Crippen LogP contribution in [0.25, 0.3) is 0 Å². The number of sulfonamides is 1. The number of nitrogens with zero attached hydrogens (tertiary/aromatic N) is 2. The van der Waals surface area contributed by atoms with Crippen LogP contribution < -0.4 is 9.47 Å². The van der Waals surface area contributed by atoms with Gasteiger partial charge in [0.2, 0.25) is 10.0 Å². The van der Waals surface area contributed by atoms with Crippen molar-refractivity contribution in [2.24, 2.45) is 0 Å². The number of carbonyl (C=O) groups is 1. The molecule has 10 heteroatoms. The van der Waals surface area contributed by atoms with Gasteiger partial charge in [-0.3, -0.25) is 4.79 Å². The maximum atomic E-state index is 13.4. The van der Waals surface area contributed by atoms with Crippen molar-refractivity contribution in [1.29, 1.82) is 0 Å². The van der Waals surface area contributed by atoms with Gasteiger partial charge in [-0.25, -0.2) is 12.8 Å². The zero-order valence-electron chi connectivity index (χ0n) is 16.0. The first kappa shape index (κ1) is 20.9. The second-order valence-electron chi connectivity index (χ2n) is 6.99. The minimum absolute atomic E-state index is 0.100. The number of hydrogen-bond donors (Lipinski definition) is 0. The van der Waals surface area contributed by atoms with Gasteiger partial charge in [0, 0.05) is 38.2 Å². The summed E-state index contributed by atoms with van der Waals surface area (Å²) in [6.07, 6.45) is 0.718. The van der Waals surface area contributed by atoms with E-state index < -0.39 is 15.8 Å². The molecule has 0 radical (unpaired) electrons. The fraction of sp³-hybridized carbons (Fsp3) is 0.350. The van der Waals surface area contributed by atoms with Crippen molar-refractivity contribution in [3.8, 4) is 11.5 Å². The third-order valence-corrected chi connectivity index (χ3v) is 7.18. The van der Waals surface area contributed by atoms with Crippen LogP contribution in [0.5, 0.6) is 11.5 Å². The van der Waals surface area contributed by atoms with Crippen molar-refractivity contribution in [2.45, 2.75) is 11.3 Å². The molecule has 0 bridgehead atoms. The summed E-state index contributed by atoms with van der Waals surface area (Å²) in [6.45, 7) is 1.60. The lowest BCUT2D eigenvalue weighted by atomic mass is 10.1. The van der Waals surface area contributed by atoms with E-state index in [0.717, 1.165) is 12.5 Å². The van der Waals surface area contributed by atoms with Crippen molar-refractivity contribution < 1.29 is 27.1 Å². The van der Waals surface area contributed by atoms with Crippen LogP contribution in [0.2, 0.25) is 5.02 Å². The van der Waals surface area contributed by atoms with E-state index in [9.17, 15) is 17.6 Å². The SMILES string of the molecule is O=C(c1cc(Cl)c2c(c1)OCCCO2)N1CCN(S(=O)(=O)c2cccc(F)c2)CC1. The smallest absolute Gasteiger partial charge is 0.254 e. The summed E-state index contributed by atoms with van der Waals surface area (Å²) in [5.74, 6) is -0.0288. The molecule has 0 N–H and O–H groups in total. The molecule has 0 atom stereocenters. The standard InChI is InChI=1S/C20H20ClFN2O5S/c21-17-11-14(12-18-19(17)29-10-2-9-28-18)20(25)23-5-7-24(8-6-23)30(26,27)16-4-1-3-15(22)13-16/h1,3-4,11-13H,2,5-10H2. The third-order valence-electron chi connectivity index (χ3n) is 5.01. The first-order valence-electron chi connectivity index (χ1n) is 9.50. The zero-order chi connectivity index (χ0) is 21.3. The van der Waals surface area contributed by atoms with Crippen LogP contribution in [0.15, 0.2) is 41.3 Å². The summed E-state index contributed by atoms with van der Waals surface area (Å²) in [6, 6.07) is 8.03. The number of rotatable bonds is 3. The number of amides is 1. The molecule has 1 amide bonds. The number of halogens is 2. The van der Waals surface area contributed by atoms with Crippen LogP contribution in [-0.2, 0) is 10.0 Å². The normalized spacial score (nSPS) is 17.5. The molecule has 0 unspecified atom stereocenters. The topological polar surface area (TPSA) is 76.2 Å². The van der Waals surface area contributed by atoms with Gasteiger partial charge in [-0.2, -0.15) is 4.31 Å². The maximum absolute atomic E-state index is 13.4. The number of hydrogen-bond acceptors (Lipinski definition) is 5. The molecule has 160 valence electrons. The van der Waals surface area contributed by atoms with Crippen LogP contribution in [0, 0.1) is 5.82 Å². The summed E-state index contributed by atoms with van der Waals surface area (Å²) >= 11 is 6.27. The van der Waals surface area contributed by atoms with E-state index in [1.165, 1.54) is 28.6 Å². The Morgan fingerprint density at radius 1 is 1.03 bits per heavy atom. The van der Waals surface area contributed by atoms with Crippen molar-refractivity contribution in [2.75, 3.05) is 39.4 Å². The molecule has 7 nitrogen and oxygen atoms in total. The lowest BCUT2D eigenvalue weighted by Gasteiger charge is -2.34. The van der Waals surface area contributed by atoms with E-state index in [4.69, 9.17) is 21.1 Å². The highest BCUT2D eigenvalue weighted by Gasteiger charge is 2.31. The molecule has 1 saturated heterocycles. The quantitative estimate of drug-likeness (QED) is 0.712. The van der Waals surface area contributed by atoms with Crippen LogP contribution in [0.4, 0.5) is 4.39 Å². The van der Waals surface area contributed by atoms with Crippen molar-refractivity contribution in [1.82, 2.24) is 9.21 Å². The van der Waals surface area contributed by atoms with Gasteiger partial charge in [0.15, 0.2) is 11.5 Å². The van der Waals surface area contributed by atoms with E-state index in [1.807, 2.05) is 0 Å². The Balaban J connectivity index is 1.47. The molecule has 0 spiro atoms. The lowest BCUT2D eigenvalue weighted by molar-refractivity contribution is 0.0697. The number of carbonyl (C=O) groups excluding carboxylic acids is 1. The lowest BCUT2D eigenvalue weighted by Crippen LogP contribution is -2.50. The minimum atomic E-state index is -3.82. The molecule has 0 saturated carbocycles. The molecule has 2 aliphatic heterocycles. The van der Waals surface area contributed by atoms with Crippen molar-refractivity contribution in [3.63, 3.8) is 0 Å². The molecule has 2 heterocycles. The first-order chi connectivity index (χ1) is 14.4. The Labute approximate surface area is 179 Å². The summed E-state index contributed by atoms with van der Waals surface area (Å²) in [7, 11) is -3.82. The van der Waals surface area contributed by atoms with Gasteiger partial charge in [-0.15, -0.1) is 0 Å². The highest BCUT2D eigenvalue weighted by molar-refractivity contribution is 7.89. The Morgan fingerprint density at radius 2 is 1.77 bits per heavy atom. The van der Waals surface area contributed by atoms with Crippen molar-refractivity contribution >= 4 is 27.5 Å². The summed E-state index contributed by atoms with van der Waals surface area (Å²) in [5, 5.41) is 0.296. The molecule has 2 aromatic rings. The molecule has 1 fully saturated rings. The van der Waals surface area contributed by atoms with Crippen LogP contribution in [-0.4, -0.2) is 62.9 Å². The molecule has 0 aromatic heterocycles. The summed E-state index contributed by atoms with van der Waals surface area (Å²) in [4.78, 5) is 14.4. The Bertz CT molecular complexity index is 1070. The highest BCUT2D eigenvalue weighted by Crippen LogP contribution is 2.38. The Hall–Kier alpha value is -2.36. The number of fused-ring (bicyclic) bond motifs is 1. The predicted octanol–water partition coefficient (Wildman–Crippen LogP) is 2.79. The predicted molar refractivity (Wildman–Crippen MR) is 108 cm³/mol. The molecular formula is C20H20ClFN2O5S. The number of benzene rings is 2. The molecule has 4 rings (SSSR count). The van der Waals surface area contributed by atoms with E-state index >= 15 is 0 Å². The fourth-order valence-electron chi connectivity index (χ4n) is 3.44. The second kappa shape index (κ2) is 8.41. The second-order valence-corrected chi connectivity index (χ2v) is 9.33. The highest BCUT2D eigenvalue weighted by atomic mass is 35.5. The fourth-order valence-corrected chi connectivity index (χ4v) is 5.16. The van der Waals surface area contributed by atoms with Crippen LogP contribution in [0.1, 0.15) is 16.8 Å². The van der Waals surface area contributed by atoms with E-state index in [1.54, 1.807) is 11.0 Å². The van der Waals surface area contributed by atoms with E-state index in [0.29, 0.717) is 35.3 Å². The number of piperazine rings is 1. The minimum Gasteiger partial charge on any atom is -0.489 e. The van der Waals surface area contributed by atoms with Gasteiger partial charge in [-0.05, 0) is 30.3 Å². The average Bonchev–Trinajstić information content (AvgIpc) is 2.99. The largest absolute Gasteiger partial charge is 0.489 e. The van der Waals surface area contributed by atoms with E-state index in [2.05, 4.69) is 0 Å². The molecular weight excluding hydrogens is 435 g/mol. The third kappa shape index (κ3) is 4.10. The van der Waals surface area contributed by atoms with Gasteiger partial charge < -0.3 is 14.4 Å². The Morgan fingerprint density at radius 3 is 2.50 bits per heavy atom. The maximum Gasteiger partial charge on any atom is 0.254 e. The average molecular weight is 455 g/mol. The van der Waals surface area contributed by atoms with E-state index in [-0.39, 0.29) is 37.0 Å². The van der Waals surface area contributed by atoms with Gasteiger partial charge in [0.05, 0.1) is 23.1 Å². The molecule has 30 heavy (non-hydrogen) atoms. The van der Waals surface area contributed by atoms with Crippen molar-refractivity contribution in [3.05, 3.63) is 52.8 Å². The molecule has 0 aliphatic carbocycles. The van der Waals surface area contributed by atoms with Gasteiger partial charge >= 0.3 is 0 Å². The summed E-state index contributed by atoms with van der Waals surface area (Å²) < 4.78 is 51.4. The van der Waals surface area contributed by atoms with Gasteiger partial charge in [0.1, 0.15) is 5.82 Å². The monoisotopic (exact) mass is 454 g/mol. The Kier molecular flexibility index (Phi) is 5.86. The molecule has 2 aliphatic rings. The number of ether oxygens (including phenoxy) is 2. The zero-order valence-corrected chi connectivity index (χ0v) is 17.6. The van der Waals surface area contributed by atoms with Crippen LogP contribution in [0.3, 0.4) is 0 Å².